The summed E-state index contributed by atoms with van der Waals surface area (Å²) in [5.74, 6) is 1.95. The molecule has 2 heterocycles. The van der Waals surface area contributed by atoms with Crippen molar-refractivity contribution in [1.29, 1.82) is 0 Å². The van der Waals surface area contributed by atoms with Gasteiger partial charge < -0.3 is 9.67 Å². The Morgan fingerprint density at radius 2 is 1.80 bits per heavy atom. The minimum Gasteiger partial charge on any atom is -0.478 e. The van der Waals surface area contributed by atoms with Gasteiger partial charge in [-0.25, -0.2) is 4.79 Å². The van der Waals surface area contributed by atoms with E-state index in [1.807, 2.05) is 12.1 Å². The number of aromatic nitrogens is 3. The summed E-state index contributed by atoms with van der Waals surface area (Å²) in [5, 5.41) is 18.0. The highest BCUT2D eigenvalue weighted by atomic mass is 16.4. The molecule has 1 unspecified atom stereocenters. The summed E-state index contributed by atoms with van der Waals surface area (Å²) in [6, 6.07) is 7.37. The lowest BCUT2D eigenvalue weighted by Crippen LogP contribution is -2.37. The first-order chi connectivity index (χ1) is 12.1. The van der Waals surface area contributed by atoms with Gasteiger partial charge in [0.2, 0.25) is 0 Å². The van der Waals surface area contributed by atoms with Crippen LogP contribution in [0, 0.1) is 0 Å². The van der Waals surface area contributed by atoms with Gasteiger partial charge in [-0.15, -0.1) is 10.2 Å². The normalized spacial score (nSPS) is 21.4. The monoisotopic (exact) mass is 340 g/mol. The van der Waals surface area contributed by atoms with Crippen LogP contribution in [-0.2, 0) is 13.1 Å². The minimum atomic E-state index is -0.884. The van der Waals surface area contributed by atoms with Crippen LogP contribution in [0.3, 0.4) is 0 Å². The zero-order valence-electron chi connectivity index (χ0n) is 14.6. The molecule has 0 spiro atoms. The van der Waals surface area contributed by atoms with E-state index >= 15 is 0 Å². The number of benzene rings is 1. The van der Waals surface area contributed by atoms with Crippen LogP contribution >= 0.6 is 0 Å². The largest absolute Gasteiger partial charge is 0.478 e. The van der Waals surface area contributed by atoms with Crippen LogP contribution < -0.4 is 0 Å². The third kappa shape index (κ3) is 3.06. The van der Waals surface area contributed by atoms with E-state index < -0.39 is 5.97 Å². The molecule has 25 heavy (non-hydrogen) atoms. The Morgan fingerprint density at radius 3 is 2.48 bits per heavy atom. The summed E-state index contributed by atoms with van der Waals surface area (Å²) < 4.78 is 2.34. The van der Waals surface area contributed by atoms with Gasteiger partial charge in [0.05, 0.1) is 11.6 Å². The summed E-state index contributed by atoms with van der Waals surface area (Å²) in [6.45, 7) is 4.88. The maximum Gasteiger partial charge on any atom is 0.335 e. The summed E-state index contributed by atoms with van der Waals surface area (Å²) >= 11 is 0. The highest BCUT2D eigenvalue weighted by Gasteiger charge is 2.31. The van der Waals surface area contributed by atoms with E-state index in [9.17, 15) is 4.79 Å². The Morgan fingerprint density at radius 1 is 1.12 bits per heavy atom. The van der Waals surface area contributed by atoms with Gasteiger partial charge >= 0.3 is 5.97 Å². The van der Waals surface area contributed by atoms with Gasteiger partial charge in [-0.1, -0.05) is 25.0 Å². The lowest BCUT2D eigenvalue weighted by atomic mass is 10.1. The Labute approximate surface area is 147 Å². The minimum absolute atomic E-state index is 0.218. The zero-order valence-corrected chi connectivity index (χ0v) is 14.6. The predicted octanol–water partition coefficient (Wildman–Crippen LogP) is 3.21. The molecule has 1 aliphatic carbocycles. The van der Waals surface area contributed by atoms with E-state index in [2.05, 4.69) is 26.6 Å². The number of carboxylic acid groups (broad SMARTS) is 1. The number of hydrogen-bond donors (Lipinski definition) is 1. The molecule has 0 bridgehead atoms. The van der Waals surface area contributed by atoms with Crippen molar-refractivity contribution in [3.8, 4) is 0 Å². The average Bonchev–Trinajstić information content (AvgIpc) is 3.27. The topological polar surface area (TPSA) is 71.2 Å². The number of aromatic carboxylic acids is 1. The van der Waals surface area contributed by atoms with E-state index in [4.69, 9.17) is 5.11 Å². The smallest absolute Gasteiger partial charge is 0.335 e. The molecule has 1 atom stereocenters. The lowest BCUT2D eigenvalue weighted by molar-refractivity contribution is 0.0697. The molecule has 132 valence electrons. The summed E-state index contributed by atoms with van der Waals surface area (Å²) in [6.07, 6.45) is 5.10. The second kappa shape index (κ2) is 6.59. The average molecular weight is 340 g/mol. The van der Waals surface area contributed by atoms with Crippen LogP contribution in [0.25, 0.3) is 0 Å². The Hall–Kier alpha value is -2.21. The molecule has 1 N–H and O–H groups in total. The molecule has 2 aliphatic rings. The van der Waals surface area contributed by atoms with Crippen molar-refractivity contribution >= 4 is 5.97 Å². The predicted molar refractivity (Wildman–Crippen MR) is 93.5 cm³/mol. The van der Waals surface area contributed by atoms with Crippen molar-refractivity contribution < 1.29 is 9.90 Å². The molecule has 6 nitrogen and oxygen atoms in total. The molecule has 1 aromatic heterocycles. The van der Waals surface area contributed by atoms with Crippen molar-refractivity contribution in [3.05, 3.63) is 47.0 Å². The van der Waals surface area contributed by atoms with Crippen molar-refractivity contribution in [2.45, 2.75) is 57.7 Å². The number of nitrogens with zero attached hydrogens (tertiary/aromatic N) is 4. The van der Waals surface area contributed by atoms with Crippen LogP contribution in [0.4, 0.5) is 0 Å². The van der Waals surface area contributed by atoms with E-state index in [0.29, 0.717) is 11.5 Å². The Balaban J connectivity index is 1.49. The van der Waals surface area contributed by atoms with Gasteiger partial charge in [-0.2, -0.15) is 0 Å². The van der Waals surface area contributed by atoms with E-state index in [-0.39, 0.29) is 6.04 Å². The van der Waals surface area contributed by atoms with Crippen LogP contribution in [0.1, 0.15) is 72.1 Å². The molecule has 0 radical (unpaired) electrons. The summed E-state index contributed by atoms with van der Waals surface area (Å²) in [4.78, 5) is 13.4. The third-order valence-corrected chi connectivity index (χ3v) is 5.65. The van der Waals surface area contributed by atoms with Crippen molar-refractivity contribution in [2.75, 3.05) is 6.54 Å². The highest BCUT2D eigenvalue weighted by Crippen LogP contribution is 2.35. The standard InChI is InChI=1S/C19H24N4O2/c1-13-17-20-21-18(15-4-2-3-5-15)23(17)11-10-22(13)12-14-6-8-16(9-7-14)19(24)25/h6-9,13,15H,2-5,10-12H2,1H3,(H,24,25). The first kappa shape index (κ1) is 16.3. The molecule has 1 aromatic carbocycles. The molecule has 2 aromatic rings. The molecule has 1 aliphatic heterocycles. The molecule has 1 saturated carbocycles. The lowest BCUT2D eigenvalue weighted by Gasteiger charge is -2.34. The molecule has 1 fully saturated rings. The number of carboxylic acids is 1. The van der Waals surface area contributed by atoms with Gasteiger partial charge in [-0.3, -0.25) is 4.90 Å². The summed E-state index contributed by atoms with van der Waals surface area (Å²) in [5.41, 5.74) is 1.46. The van der Waals surface area contributed by atoms with Crippen molar-refractivity contribution in [2.24, 2.45) is 0 Å². The van der Waals surface area contributed by atoms with Gasteiger partial charge in [0.25, 0.3) is 0 Å². The van der Waals surface area contributed by atoms with Crippen LogP contribution in [0.5, 0.6) is 0 Å². The SMILES string of the molecule is CC1c2nnc(C3CCCC3)n2CCN1Cc1ccc(C(=O)O)cc1. The molecule has 4 rings (SSSR count). The second-order valence-electron chi connectivity index (χ2n) is 7.20. The fraction of sp³-hybridized carbons (Fsp3) is 0.526. The number of rotatable bonds is 4. The van der Waals surface area contributed by atoms with Crippen LogP contribution in [-0.4, -0.2) is 37.3 Å². The second-order valence-corrected chi connectivity index (χ2v) is 7.20. The molecule has 6 heteroatoms. The van der Waals surface area contributed by atoms with Crippen LogP contribution in [0.2, 0.25) is 0 Å². The number of carbonyl (C=O) groups is 1. The Kier molecular flexibility index (Phi) is 4.29. The van der Waals surface area contributed by atoms with Crippen LogP contribution in [0.15, 0.2) is 24.3 Å². The van der Waals surface area contributed by atoms with Gasteiger partial charge in [0.15, 0.2) is 0 Å². The fourth-order valence-electron chi connectivity index (χ4n) is 4.14. The molecular weight excluding hydrogens is 316 g/mol. The number of hydrogen-bond acceptors (Lipinski definition) is 4. The van der Waals surface area contributed by atoms with Gasteiger partial charge in [0, 0.05) is 25.6 Å². The summed E-state index contributed by atoms with van der Waals surface area (Å²) in [7, 11) is 0. The van der Waals surface area contributed by atoms with Crippen molar-refractivity contribution in [1.82, 2.24) is 19.7 Å². The molecule has 0 saturated heterocycles. The van der Waals surface area contributed by atoms with Gasteiger partial charge in [-0.05, 0) is 37.5 Å². The fourth-order valence-corrected chi connectivity index (χ4v) is 4.14. The molecule has 0 amide bonds. The van der Waals surface area contributed by atoms with E-state index in [1.54, 1.807) is 12.1 Å². The number of fused-ring (bicyclic) bond motifs is 1. The van der Waals surface area contributed by atoms with Crippen molar-refractivity contribution in [3.63, 3.8) is 0 Å². The first-order valence-corrected chi connectivity index (χ1v) is 9.13. The third-order valence-electron chi connectivity index (χ3n) is 5.65. The zero-order chi connectivity index (χ0) is 17.4. The first-order valence-electron chi connectivity index (χ1n) is 9.13. The van der Waals surface area contributed by atoms with E-state index in [1.165, 1.54) is 31.5 Å². The Bertz CT molecular complexity index is 762. The maximum atomic E-state index is 11.0. The quantitative estimate of drug-likeness (QED) is 0.925. The highest BCUT2D eigenvalue weighted by molar-refractivity contribution is 5.87. The van der Waals surface area contributed by atoms with E-state index in [0.717, 1.165) is 31.0 Å². The van der Waals surface area contributed by atoms with Gasteiger partial charge in [0.1, 0.15) is 11.6 Å². The molecular formula is C19H24N4O2. The maximum absolute atomic E-state index is 11.0.